The molecule has 12 heavy (non-hydrogen) atoms. The van der Waals surface area contributed by atoms with Crippen molar-refractivity contribution in [3.63, 3.8) is 0 Å². The first kappa shape index (κ1) is 8.86. The van der Waals surface area contributed by atoms with Gasteiger partial charge in [0.05, 0.1) is 5.30 Å². The third-order valence-corrected chi connectivity index (χ3v) is 2.76. The summed E-state index contributed by atoms with van der Waals surface area (Å²) >= 11 is 0. The standard InChI is InChI=1S/C8H7O3P/c1-2-12(10,11)8-6-4-3-5-7(8)9/h1,3-6,9H,(H,10,11). The Morgan fingerprint density at radius 1 is 1.42 bits per heavy atom. The molecule has 1 aromatic carbocycles. The molecule has 0 saturated carbocycles. The highest BCUT2D eigenvalue weighted by Gasteiger charge is 2.20. The van der Waals surface area contributed by atoms with E-state index in [9.17, 15) is 4.57 Å². The predicted octanol–water partition coefficient (Wildman–Crippen LogP) is 0.879. The van der Waals surface area contributed by atoms with E-state index < -0.39 is 7.37 Å². The maximum absolute atomic E-state index is 11.2. The molecule has 0 heterocycles. The number of hydrogen-bond acceptors (Lipinski definition) is 2. The average molecular weight is 182 g/mol. The van der Waals surface area contributed by atoms with Crippen LogP contribution in [0.1, 0.15) is 0 Å². The molecule has 4 heteroatoms. The van der Waals surface area contributed by atoms with E-state index in [0.29, 0.717) is 0 Å². The molecule has 0 bridgehead atoms. The summed E-state index contributed by atoms with van der Waals surface area (Å²) in [5.41, 5.74) is 1.75. The molecule has 0 aliphatic rings. The number of benzene rings is 1. The normalized spacial score (nSPS) is 14.7. The molecule has 1 atom stereocenters. The Morgan fingerprint density at radius 3 is 2.50 bits per heavy atom. The van der Waals surface area contributed by atoms with Gasteiger partial charge in [0.1, 0.15) is 5.75 Å². The van der Waals surface area contributed by atoms with E-state index in [4.69, 9.17) is 16.4 Å². The molecule has 1 aromatic rings. The second-order valence-corrected chi connectivity index (χ2v) is 4.09. The summed E-state index contributed by atoms with van der Waals surface area (Å²) in [6.07, 6.45) is 4.83. The second-order valence-electron chi connectivity index (χ2n) is 2.19. The molecule has 0 fully saturated rings. The Labute approximate surface area is 70.1 Å². The van der Waals surface area contributed by atoms with Crippen LogP contribution in [0, 0.1) is 12.1 Å². The zero-order valence-electron chi connectivity index (χ0n) is 6.14. The number of phenols is 1. The van der Waals surface area contributed by atoms with Crippen LogP contribution in [-0.4, -0.2) is 10.00 Å². The third kappa shape index (κ3) is 1.50. The molecule has 0 aromatic heterocycles. The van der Waals surface area contributed by atoms with Crippen molar-refractivity contribution in [2.45, 2.75) is 0 Å². The lowest BCUT2D eigenvalue weighted by atomic mass is 10.3. The maximum atomic E-state index is 11.2. The monoisotopic (exact) mass is 182 g/mol. The fourth-order valence-electron chi connectivity index (χ4n) is 0.790. The van der Waals surface area contributed by atoms with Gasteiger partial charge in [0.15, 0.2) is 0 Å². The summed E-state index contributed by atoms with van der Waals surface area (Å²) in [7, 11) is -3.79. The zero-order chi connectivity index (χ0) is 9.19. The Bertz CT molecular complexity index is 378. The minimum atomic E-state index is -3.79. The zero-order valence-corrected chi connectivity index (χ0v) is 7.03. The first-order valence-corrected chi connectivity index (χ1v) is 4.83. The quantitative estimate of drug-likeness (QED) is 0.500. The van der Waals surface area contributed by atoms with Crippen LogP contribution in [0.5, 0.6) is 5.75 Å². The van der Waals surface area contributed by atoms with Gasteiger partial charge in [-0.3, -0.25) is 4.57 Å². The van der Waals surface area contributed by atoms with Gasteiger partial charge in [0.25, 0.3) is 0 Å². The highest BCUT2D eigenvalue weighted by Crippen LogP contribution is 2.40. The Hall–Kier alpha value is -1.23. The molecule has 0 aliphatic heterocycles. The molecule has 0 amide bonds. The highest BCUT2D eigenvalue weighted by molar-refractivity contribution is 7.71. The van der Waals surface area contributed by atoms with Crippen molar-refractivity contribution in [2.75, 3.05) is 0 Å². The van der Waals surface area contributed by atoms with E-state index in [0.717, 1.165) is 0 Å². The van der Waals surface area contributed by atoms with Crippen LogP contribution in [0.15, 0.2) is 24.3 Å². The minimum Gasteiger partial charge on any atom is -0.507 e. The van der Waals surface area contributed by atoms with Crippen LogP contribution >= 0.6 is 7.37 Å². The number of terminal acetylenes is 1. The van der Waals surface area contributed by atoms with Crippen molar-refractivity contribution in [1.82, 2.24) is 0 Å². The third-order valence-electron chi connectivity index (χ3n) is 1.38. The molecule has 0 aliphatic carbocycles. The fraction of sp³-hybridized carbons (Fsp3) is 0. The second kappa shape index (κ2) is 3.02. The van der Waals surface area contributed by atoms with E-state index >= 15 is 0 Å². The van der Waals surface area contributed by atoms with E-state index in [2.05, 4.69) is 0 Å². The molecule has 0 radical (unpaired) electrons. The molecule has 62 valence electrons. The van der Waals surface area contributed by atoms with Gasteiger partial charge in [-0.15, -0.1) is 6.42 Å². The lowest BCUT2D eigenvalue weighted by molar-refractivity contribution is 0.472. The van der Waals surface area contributed by atoms with Crippen molar-refractivity contribution in [2.24, 2.45) is 0 Å². The van der Waals surface area contributed by atoms with Gasteiger partial charge in [-0.2, -0.15) is 0 Å². The largest absolute Gasteiger partial charge is 0.507 e. The van der Waals surface area contributed by atoms with E-state index in [1.54, 1.807) is 11.7 Å². The number of aromatic hydroxyl groups is 1. The molecular weight excluding hydrogens is 175 g/mol. The van der Waals surface area contributed by atoms with Gasteiger partial charge in [0.2, 0.25) is 0 Å². The van der Waals surface area contributed by atoms with Crippen molar-refractivity contribution >= 4 is 12.7 Å². The van der Waals surface area contributed by atoms with E-state index in [1.807, 2.05) is 0 Å². The molecule has 0 saturated heterocycles. The van der Waals surface area contributed by atoms with Crippen LogP contribution in [0.2, 0.25) is 0 Å². The summed E-state index contributed by atoms with van der Waals surface area (Å²) in [5, 5.41) is 9.06. The van der Waals surface area contributed by atoms with Crippen molar-refractivity contribution < 1.29 is 14.6 Å². The van der Waals surface area contributed by atoms with Gasteiger partial charge < -0.3 is 10.00 Å². The first-order chi connectivity index (χ1) is 5.58. The summed E-state index contributed by atoms with van der Waals surface area (Å²) < 4.78 is 11.2. The lowest BCUT2D eigenvalue weighted by Gasteiger charge is -2.05. The van der Waals surface area contributed by atoms with Gasteiger partial charge in [-0.25, -0.2) is 0 Å². The van der Waals surface area contributed by atoms with Crippen molar-refractivity contribution in [3.8, 4) is 17.8 Å². The topological polar surface area (TPSA) is 57.5 Å². The Kier molecular flexibility index (Phi) is 2.23. The molecule has 0 spiro atoms. The molecular formula is C8H7O3P. The van der Waals surface area contributed by atoms with Crippen LogP contribution in [0.4, 0.5) is 0 Å². The summed E-state index contributed by atoms with van der Waals surface area (Å²) in [6.45, 7) is 0. The van der Waals surface area contributed by atoms with Crippen LogP contribution < -0.4 is 5.30 Å². The first-order valence-electron chi connectivity index (χ1n) is 3.17. The van der Waals surface area contributed by atoms with Crippen LogP contribution in [0.3, 0.4) is 0 Å². The van der Waals surface area contributed by atoms with Crippen LogP contribution in [-0.2, 0) is 4.57 Å². The van der Waals surface area contributed by atoms with Gasteiger partial charge in [-0.05, 0) is 17.8 Å². The molecule has 3 nitrogen and oxygen atoms in total. The summed E-state index contributed by atoms with van der Waals surface area (Å²) in [4.78, 5) is 9.13. The van der Waals surface area contributed by atoms with E-state index in [-0.39, 0.29) is 11.1 Å². The SMILES string of the molecule is C#CP(=O)(O)c1ccccc1O. The van der Waals surface area contributed by atoms with Crippen molar-refractivity contribution in [3.05, 3.63) is 24.3 Å². The smallest absolute Gasteiger partial charge is 0.304 e. The number of rotatable bonds is 1. The predicted molar refractivity (Wildman–Crippen MR) is 46.4 cm³/mol. The number of para-hydroxylation sites is 1. The maximum Gasteiger partial charge on any atom is 0.304 e. The van der Waals surface area contributed by atoms with E-state index in [1.165, 1.54) is 18.2 Å². The summed E-state index contributed by atoms with van der Waals surface area (Å²) in [6, 6.07) is 5.73. The Morgan fingerprint density at radius 2 is 2.00 bits per heavy atom. The number of phenolic OH excluding ortho intramolecular Hbond substituents is 1. The molecule has 2 N–H and O–H groups in total. The van der Waals surface area contributed by atoms with Gasteiger partial charge in [0, 0.05) is 0 Å². The Balaban J connectivity index is 3.32. The minimum absolute atomic E-state index is 0.0903. The average Bonchev–Trinajstić information content (AvgIpc) is 2.05. The van der Waals surface area contributed by atoms with Gasteiger partial charge >= 0.3 is 7.37 Å². The number of hydrogen-bond donors (Lipinski definition) is 2. The lowest BCUT2D eigenvalue weighted by Crippen LogP contribution is -2.02. The molecule has 1 rings (SSSR count). The molecule has 1 unspecified atom stereocenters. The highest BCUT2D eigenvalue weighted by atomic mass is 31.2. The van der Waals surface area contributed by atoms with Gasteiger partial charge in [-0.1, -0.05) is 12.1 Å². The van der Waals surface area contributed by atoms with Crippen LogP contribution in [0.25, 0.3) is 0 Å². The van der Waals surface area contributed by atoms with Crippen molar-refractivity contribution in [1.29, 1.82) is 0 Å². The fourth-order valence-corrected chi connectivity index (χ4v) is 1.60. The summed E-state index contributed by atoms with van der Waals surface area (Å²) in [5.74, 6) is -0.249.